The molecule has 2 atom stereocenters. The molecular weight excluding hydrogens is 292 g/mol. The van der Waals surface area contributed by atoms with Gasteiger partial charge in [0.05, 0.1) is 25.0 Å². The molecular formula is C19H24O4. The summed E-state index contributed by atoms with van der Waals surface area (Å²) in [6.07, 6.45) is 6.41. The predicted molar refractivity (Wildman–Crippen MR) is 87.7 cm³/mol. The lowest BCUT2D eigenvalue weighted by molar-refractivity contribution is -0.161. The van der Waals surface area contributed by atoms with E-state index in [9.17, 15) is 9.59 Å². The number of carbonyl (C=O) groups is 2. The molecule has 2 unspecified atom stereocenters. The van der Waals surface area contributed by atoms with E-state index in [1.165, 1.54) is 0 Å². The molecule has 0 bridgehead atoms. The minimum absolute atomic E-state index is 0.291. The molecule has 23 heavy (non-hydrogen) atoms. The number of esters is 2. The molecule has 0 N–H and O–H groups in total. The summed E-state index contributed by atoms with van der Waals surface area (Å²) in [5, 5.41) is 0. The Bertz CT molecular complexity index is 536. The number of hydrogen-bond donors (Lipinski definition) is 0. The van der Waals surface area contributed by atoms with E-state index in [1.807, 2.05) is 49.4 Å². The van der Waals surface area contributed by atoms with Crippen molar-refractivity contribution in [1.82, 2.24) is 0 Å². The average molecular weight is 316 g/mol. The Hall–Kier alpha value is -2.10. The molecule has 0 aromatic heterocycles. The van der Waals surface area contributed by atoms with E-state index >= 15 is 0 Å². The molecule has 0 radical (unpaired) electrons. The Morgan fingerprint density at radius 1 is 0.957 bits per heavy atom. The third-order valence-electron chi connectivity index (χ3n) is 3.96. The summed E-state index contributed by atoms with van der Waals surface area (Å²) in [6.45, 7) is 2.68. The Labute approximate surface area is 137 Å². The van der Waals surface area contributed by atoms with E-state index in [0.29, 0.717) is 32.5 Å². The van der Waals surface area contributed by atoms with Crippen LogP contribution in [0.3, 0.4) is 0 Å². The van der Waals surface area contributed by atoms with Crippen LogP contribution in [-0.2, 0) is 25.5 Å². The molecule has 0 saturated carbocycles. The van der Waals surface area contributed by atoms with Gasteiger partial charge in [0.1, 0.15) is 0 Å². The molecule has 0 aliphatic heterocycles. The minimum Gasteiger partial charge on any atom is -0.465 e. The number of benzene rings is 1. The van der Waals surface area contributed by atoms with Crippen LogP contribution in [-0.4, -0.2) is 25.2 Å². The third kappa shape index (κ3) is 5.23. The van der Waals surface area contributed by atoms with Crippen LogP contribution in [0.15, 0.2) is 42.5 Å². The van der Waals surface area contributed by atoms with Crippen molar-refractivity contribution in [2.24, 2.45) is 11.8 Å². The van der Waals surface area contributed by atoms with E-state index in [2.05, 4.69) is 0 Å². The Morgan fingerprint density at radius 3 is 2.09 bits per heavy atom. The van der Waals surface area contributed by atoms with Gasteiger partial charge in [-0.1, -0.05) is 49.4 Å². The number of rotatable bonds is 7. The van der Waals surface area contributed by atoms with Gasteiger partial charge in [0, 0.05) is 6.42 Å². The molecule has 4 heteroatoms. The van der Waals surface area contributed by atoms with Crippen LogP contribution in [0.5, 0.6) is 0 Å². The lowest BCUT2D eigenvalue weighted by Gasteiger charge is -2.25. The fourth-order valence-corrected chi connectivity index (χ4v) is 2.67. The molecule has 0 heterocycles. The summed E-state index contributed by atoms with van der Waals surface area (Å²) in [5.74, 6) is -1.44. The van der Waals surface area contributed by atoms with Crippen molar-refractivity contribution in [1.29, 1.82) is 0 Å². The number of carbonyl (C=O) groups excluding carboxylic acids is 2. The largest absolute Gasteiger partial charge is 0.465 e. The molecule has 0 amide bonds. The molecule has 1 aromatic rings. The zero-order chi connectivity index (χ0) is 16.5. The van der Waals surface area contributed by atoms with Crippen molar-refractivity contribution in [2.75, 3.05) is 13.2 Å². The first-order valence-electron chi connectivity index (χ1n) is 8.24. The van der Waals surface area contributed by atoms with Crippen molar-refractivity contribution < 1.29 is 19.1 Å². The third-order valence-corrected chi connectivity index (χ3v) is 3.96. The van der Waals surface area contributed by atoms with Gasteiger partial charge in [-0.25, -0.2) is 0 Å². The Morgan fingerprint density at radius 2 is 1.52 bits per heavy atom. The Balaban J connectivity index is 1.85. The highest BCUT2D eigenvalue weighted by Crippen LogP contribution is 2.28. The predicted octanol–water partition coefficient (Wildman–Crippen LogP) is 3.31. The number of ether oxygens (including phenoxy) is 2. The van der Waals surface area contributed by atoms with Gasteiger partial charge in [-0.05, 0) is 24.8 Å². The normalized spacial score (nSPS) is 20.0. The maximum absolute atomic E-state index is 12.3. The SMILES string of the molecule is CCCOC(=O)C1CC=CCC1C(=O)OCCc1ccccc1. The molecule has 1 aliphatic rings. The standard InChI is InChI=1S/C19H24O4/c1-2-13-22-18(20)16-10-6-7-11-17(16)19(21)23-14-12-15-8-4-3-5-9-15/h3-9,16-17H,2,10-14H2,1H3. The van der Waals surface area contributed by atoms with Gasteiger partial charge in [0.15, 0.2) is 0 Å². The first-order valence-corrected chi connectivity index (χ1v) is 8.24. The molecule has 0 saturated heterocycles. The fraction of sp³-hybridized carbons (Fsp3) is 0.474. The van der Waals surface area contributed by atoms with Crippen molar-refractivity contribution in [3.63, 3.8) is 0 Å². The zero-order valence-corrected chi connectivity index (χ0v) is 13.6. The second-order valence-electron chi connectivity index (χ2n) is 5.73. The van der Waals surface area contributed by atoms with E-state index in [-0.39, 0.29) is 11.9 Å². The smallest absolute Gasteiger partial charge is 0.310 e. The highest BCUT2D eigenvalue weighted by atomic mass is 16.5. The second-order valence-corrected chi connectivity index (χ2v) is 5.73. The van der Waals surface area contributed by atoms with Crippen LogP contribution in [0.4, 0.5) is 0 Å². The summed E-state index contributed by atoms with van der Waals surface area (Å²) in [7, 11) is 0. The first kappa shape index (κ1) is 17.3. The van der Waals surface area contributed by atoms with Gasteiger partial charge < -0.3 is 9.47 Å². The first-order chi connectivity index (χ1) is 11.2. The van der Waals surface area contributed by atoms with Crippen molar-refractivity contribution in [2.45, 2.75) is 32.6 Å². The van der Waals surface area contributed by atoms with Gasteiger partial charge >= 0.3 is 11.9 Å². The van der Waals surface area contributed by atoms with Crippen molar-refractivity contribution in [3.05, 3.63) is 48.0 Å². The fourth-order valence-electron chi connectivity index (χ4n) is 2.67. The summed E-state index contributed by atoms with van der Waals surface area (Å²) in [4.78, 5) is 24.4. The lowest BCUT2D eigenvalue weighted by atomic mass is 9.83. The van der Waals surface area contributed by atoms with E-state index in [4.69, 9.17) is 9.47 Å². The highest BCUT2D eigenvalue weighted by Gasteiger charge is 2.36. The van der Waals surface area contributed by atoms with Crippen LogP contribution in [0.2, 0.25) is 0 Å². The van der Waals surface area contributed by atoms with Crippen LogP contribution < -0.4 is 0 Å². The molecule has 124 valence electrons. The summed E-state index contributed by atoms with van der Waals surface area (Å²) < 4.78 is 10.6. The van der Waals surface area contributed by atoms with Gasteiger partial charge in [-0.15, -0.1) is 0 Å². The van der Waals surface area contributed by atoms with Gasteiger partial charge in [-0.3, -0.25) is 9.59 Å². The molecule has 1 aliphatic carbocycles. The number of hydrogen-bond acceptors (Lipinski definition) is 4. The van der Waals surface area contributed by atoms with Crippen LogP contribution >= 0.6 is 0 Å². The second kappa shape index (κ2) is 9.13. The quantitative estimate of drug-likeness (QED) is 0.572. The van der Waals surface area contributed by atoms with E-state index in [1.54, 1.807) is 0 Å². The zero-order valence-electron chi connectivity index (χ0n) is 13.6. The molecule has 0 spiro atoms. The van der Waals surface area contributed by atoms with Gasteiger partial charge in [0.2, 0.25) is 0 Å². The molecule has 1 aromatic carbocycles. The van der Waals surface area contributed by atoms with Crippen LogP contribution in [0, 0.1) is 11.8 Å². The topological polar surface area (TPSA) is 52.6 Å². The van der Waals surface area contributed by atoms with E-state index in [0.717, 1.165) is 12.0 Å². The average Bonchev–Trinajstić information content (AvgIpc) is 2.60. The highest BCUT2D eigenvalue weighted by molar-refractivity contribution is 5.82. The number of allylic oxidation sites excluding steroid dienone is 2. The van der Waals surface area contributed by atoms with Crippen LogP contribution in [0.1, 0.15) is 31.7 Å². The maximum Gasteiger partial charge on any atom is 0.310 e. The van der Waals surface area contributed by atoms with E-state index < -0.39 is 11.8 Å². The lowest BCUT2D eigenvalue weighted by Crippen LogP contribution is -2.34. The molecule has 2 rings (SSSR count). The van der Waals surface area contributed by atoms with Gasteiger partial charge in [-0.2, -0.15) is 0 Å². The van der Waals surface area contributed by atoms with Gasteiger partial charge in [0.25, 0.3) is 0 Å². The van der Waals surface area contributed by atoms with Crippen LogP contribution in [0.25, 0.3) is 0 Å². The minimum atomic E-state index is -0.430. The molecule has 0 fully saturated rings. The van der Waals surface area contributed by atoms with Crippen molar-refractivity contribution in [3.8, 4) is 0 Å². The van der Waals surface area contributed by atoms with Crippen molar-refractivity contribution >= 4 is 11.9 Å². The maximum atomic E-state index is 12.3. The summed E-state index contributed by atoms with van der Waals surface area (Å²) >= 11 is 0. The Kier molecular flexibility index (Phi) is 6.85. The summed E-state index contributed by atoms with van der Waals surface area (Å²) in [5.41, 5.74) is 1.13. The molecule has 4 nitrogen and oxygen atoms in total. The summed E-state index contributed by atoms with van der Waals surface area (Å²) in [6, 6.07) is 9.88. The monoisotopic (exact) mass is 316 g/mol.